The van der Waals surface area contributed by atoms with Gasteiger partial charge in [0.2, 0.25) is 11.4 Å². The number of hydrogen-bond acceptors (Lipinski definition) is 4. The molecule has 5 heteroatoms. The maximum atomic E-state index is 11.1. The minimum Gasteiger partial charge on any atom is -0.431 e. The van der Waals surface area contributed by atoms with Gasteiger partial charge in [0.05, 0.1) is 3.57 Å². The maximum Gasteiger partial charge on any atom is 0.265 e. The van der Waals surface area contributed by atoms with Gasteiger partial charge in [0.25, 0.3) is 5.89 Å². The number of ketones is 1. The largest absolute Gasteiger partial charge is 0.431 e. The van der Waals surface area contributed by atoms with E-state index in [-0.39, 0.29) is 11.7 Å². The summed E-state index contributed by atoms with van der Waals surface area (Å²) >= 11 is 2.16. The van der Waals surface area contributed by atoms with Crippen LogP contribution in [-0.4, -0.2) is 15.8 Å². The zero-order chi connectivity index (χ0) is 11.0. The highest BCUT2D eigenvalue weighted by Crippen LogP contribution is 2.21. The molecular weight excluding hydrogens is 307 g/mol. The Morgan fingerprint density at radius 3 is 2.87 bits per heavy atom. The highest BCUT2D eigenvalue weighted by Gasteiger charge is 2.14. The number of nitrogens with zero attached hydrogens (tertiary/aromatic N) is 2. The van der Waals surface area contributed by atoms with Crippen LogP contribution < -0.4 is 0 Å². The Bertz CT molecular complexity index is 533. The average molecular weight is 316 g/mol. The quantitative estimate of drug-likeness (QED) is 0.631. The average Bonchev–Trinajstić information content (AvgIpc) is 2.61. The number of Topliss-reactive ketones (excluding diaryl/α,β-unsaturated/α-hetero) is 1. The van der Waals surface area contributed by atoms with E-state index in [1.54, 1.807) is 0 Å². The number of carbonyl (C=O) groups is 1. The first-order valence-electron chi connectivity index (χ1n) is 4.58. The van der Waals surface area contributed by atoms with Gasteiger partial charge in [-0.2, -0.15) is 4.98 Å². The third-order valence-corrected chi connectivity index (χ3v) is 2.83. The van der Waals surface area contributed by atoms with Gasteiger partial charge in [-0.25, -0.2) is 4.98 Å². The standard InChI is InChI=1S/C10H9IN2O2/c1-3-6-4-7(11)8-9(12-6)13-10(15-8)5(2)14/h4H,3H2,1-2H3. The molecule has 0 aliphatic rings. The third-order valence-electron chi connectivity index (χ3n) is 2.03. The summed E-state index contributed by atoms with van der Waals surface area (Å²) in [6, 6.07) is 1.94. The summed E-state index contributed by atoms with van der Waals surface area (Å²) < 4.78 is 6.27. The highest BCUT2D eigenvalue weighted by atomic mass is 127. The Morgan fingerprint density at radius 1 is 1.53 bits per heavy atom. The molecular formula is C10H9IN2O2. The van der Waals surface area contributed by atoms with Crippen LogP contribution in [0.1, 0.15) is 30.2 Å². The summed E-state index contributed by atoms with van der Waals surface area (Å²) in [5, 5.41) is 0. The molecule has 0 aliphatic carbocycles. The second-order valence-corrected chi connectivity index (χ2v) is 4.34. The molecule has 0 saturated heterocycles. The van der Waals surface area contributed by atoms with E-state index < -0.39 is 0 Å². The smallest absolute Gasteiger partial charge is 0.265 e. The van der Waals surface area contributed by atoms with E-state index >= 15 is 0 Å². The minimum absolute atomic E-state index is 0.128. The molecule has 0 fully saturated rings. The molecule has 0 atom stereocenters. The van der Waals surface area contributed by atoms with Crippen LogP contribution in [0.5, 0.6) is 0 Å². The van der Waals surface area contributed by atoms with Gasteiger partial charge < -0.3 is 4.42 Å². The number of halogens is 1. The van der Waals surface area contributed by atoms with E-state index in [0.717, 1.165) is 15.7 Å². The minimum atomic E-state index is -0.179. The van der Waals surface area contributed by atoms with Crippen LogP contribution in [-0.2, 0) is 6.42 Å². The SMILES string of the molecule is CCc1cc(I)c2oc(C(C)=O)nc2n1. The van der Waals surface area contributed by atoms with Gasteiger partial charge in [0, 0.05) is 12.6 Å². The summed E-state index contributed by atoms with van der Waals surface area (Å²) in [6.45, 7) is 3.45. The van der Waals surface area contributed by atoms with Crippen molar-refractivity contribution in [3.8, 4) is 0 Å². The number of pyridine rings is 1. The number of aromatic nitrogens is 2. The van der Waals surface area contributed by atoms with Crippen LogP contribution in [0.4, 0.5) is 0 Å². The number of carbonyl (C=O) groups excluding carboxylic acids is 1. The van der Waals surface area contributed by atoms with Crippen molar-refractivity contribution in [2.75, 3.05) is 0 Å². The molecule has 0 aromatic carbocycles. The molecule has 15 heavy (non-hydrogen) atoms. The van der Waals surface area contributed by atoms with Gasteiger partial charge >= 0.3 is 0 Å². The first-order chi connectivity index (χ1) is 7.11. The molecule has 2 aromatic heterocycles. The van der Waals surface area contributed by atoms with Gasteiger partial charge in [0.1, 0.15) is 0 Å². The van der Waals surface area contributed by atoms with Crippen molar-refractivity contribution in [1.82, 2.24) is 9.97 Å². The van der Waals surface area contributed by atoms with Gasteiger partial charge in [-0.05, 0) is 35.1 Å². The van der Waals surface area contributed by atoms with Crippen LogP contribution in [0, 0.1) is 3.57 Å². The van der Waals surface area contributed by atoms with Crippen molar-refractivity contribution in [2.45, 2.75) is 20.3 Å². The Hall–Kier alpha value is -0.980. The summed E-state index contributed by atoms with van der Waals surface area (Å²) in [5.41, 5.74) is 2.07. The molecule has 78 valence electrons. The Labute approximate surface area is 100 Å². The van der Waals surface area contributed by atoms with Crippen molar-refractivity contribution < 1.29 is 9.21 Å². The molecule has 0 N–H and O–H groups in total. The summed E-state index contributed by atoms with van der Waals surface area (Å²) in [7, 11) is 0. The van der Waals surface area contributed by atoms with Gasteiger partial charge in [-0.1, -0.05) is 6.92 Å². The first kappa shape index (κ1) is 10.5. The van der Waals surface area contributed by atoms with E-state index in [1.807, 2.05) is 13.0 Å². The number of hydrogen-bond donors (Lipinski definition) is 0. The van der Waals surface area contributed by atoms with Crippen molar-refractivity contribution in [3.63, 3.8) is 0 Å². The van der Waals surface area contributed by atoms with Gasteiger partial charge in [-0.3, -0.25) is 4.79 Å². The molecule has 0 spiro atoms. The molecule has 4 nitrogen and oxygen atoms in total. The fourth-order valence-corrected chi connectivity index (χ4v) is 1.97. The van der Waals surface area contributed by atoms with Crippen molar-refractivity contribution >= 4 is 39.6 Å². The summed E-state index contributed by atoms with van der Waals surface area (Å²) in [4.78, 5) is 19.4. The lowest BCUT2D eigenvalue weighted by molar-refractivity contribution is 0.0983. The lowest BCUT2D eigenvalue weighted by Crippen LogP contribution is -1.91. The van der Waals surface area contributed by atoms with E-state index in [0.29, 0.717) is 11.2 Å². The van der Waals surface area contributed by atoms with Crippen molar-refractivity contribution in [2.24, 2.45) is 0 Å². The lowest BCUT2D eigenvalue weighted by atomic mass is 10.3. The van der Waals surface area contributed by atoms with E-state index in [4.69, 9.17) is 4.42 Å². The van der Waals surface area contributed by atoms with Crippen LogP contribution in [0.25, 0.3) is 11.2 Å². The Balaban J connectivity index is 2.69. The molecule has 0 radical (unpaired) electrons. The molecule has 0 bridgehead atoms. The van der Waals surface area contributed by atoms with Gasteiger partial charge in [-0.15, -0.1) is 0 Å². The van der Waals surface area contributed by atoms with Crippen LogP contribution >= 0.6 is 22.6 Å². The zero-order valence-electron chi connectivity index (χ0n) is 8.37. The number of oxazole rings is 1. The fourth-order valence-electron chi connectivity index (χ4n) is 1.26. The van der Waals surface area contributed by atoms with Crippen molar-refractivity contribution in [1.29, 1.82) is 0 Å². The normalized spacial score (nSPS) is 10.9. The second-order valence-electron chi connectivity index (χ2n) is 3.18. The molecule has 2 aromatic rings. The highest BCUT2D eigenvalue weighted by molar-refractivity contribution is 14.1. The lowest BCUT2D eigenvalue weighted by Gasteiger charge is -1.95. The second kappa shape index (κ2) is 3.88. The van der Waals surface area contributed by atoms with Crippen LogP contribution in [0.2, 0.25) is 0 Å². The number of fused-ring (bicyclic) bond motifs is 1. The molecule has 0 saturated carbocycles. The molecule has 2 heterocycles. The van der Waals surface area contributed by atoms with Gasteiger partial charge in [0.15, 0.2) is 5.58 Å². The van der Waals surface area contributed by atoms with Crippen LogP contribution in [0.15, 0.2) is 10.5 Å². The Morgan fingerprint density at radius 2 is 2.27 bits per heavy atom. The predicted molar refractivity (Wildman–Crippen MR) is 63.9 cm³/mol. The molecule has 2 rings (SSSR count). The number of aryl methyl sites for hydroxylation is 1. The monoisotopic (exact) mass is 316 g/mol. The predicted octanol–water partition coefficient (Wildman–Crippen LogP) is 2.59. The third kappa shape index (κ3) is 1.88. The summed E-state index contributed by atoms with van der Waals surface area (Å²) in [6.07, 6.45) is 0.841. The van der Waals surface area contributed by atoms with E-state index in [1.165, 1.54) is 6.92 Å². The van der Waals surface area contributed by atoms with Crippen LogP contribution in [0.3, 0.4) is 0 Å². The molecule has 0 amide bonds. The first-order valence-corrected chi connectivity index (χ1v) is 5.66. The zero-order valence-corrected chi connectivity index (χ0v) is 10.5. The molecule has 0 aliphatic heterocycles. The van der Waals surface area contributed by atoms with Crippen molar-refractivity contribution in [3.05, 3.63) is 21.2 Å². The number of rotatable bonds is 2. The maximum absolute atomic E-state index is 11.1. The fraction of sp³-hybridized carbons (Fsp3) is 0.300. The topological polar surface area (TPSA) is 56.0 Å². The van der Waals surface area contributed by atoms with E-state index in [2.05, 4.69) is 32.6 Å². The van der Waals surface area contributed by atoms with E-state index in [9.17, 15) is 4.79 Å². The summed E-state index contributed by atoms with van der Waals surface area (Å²) in [5.74, 6) is -0.0504. The Kier molecular flexibility index (Phi) is 2.72. The molecule has 0 unspecified atom stereocenters.